The van der Waals surface area contributed by atoms with Crippen LogP contribution >= 0.6 is 0 Å². The first-order chi connectivity index (χ1) is 13.1. The van der Waals surface area contributed by atoms with Gasteiger partial charge in [0.05, 0.1) is 6.54 Å². The van der Waals surface area contributed by atoms with Crippen LogP contribution in [0.4, 0.5) is 0 Å². The molecular formula is C23H30N2O2. The Kier molecular flexibility index (Phi) is 6.88. The largest absolute Gasteiger partial charge is 0.491 e. The molecule has 1 amide bonds. The average molecular weight is 367 g/mol. The molecule has 4 nitrogen and oxygen atoms in total. The highest BCUT2D eigenvalue weighted by atomic mass is 16.5. The van der Waals surface area contributed by atoms with Crippen molar-refractivity contribution in [3.8, 4) is 5.75 Å². The monoisotopic (exact) mass is 366 g/mol. The van der Waals surface area contributed by atoms with Gasteiger partial charge in [-0.25, -0.2) is 0 Å². The lowest BCUT2D eigenvalue weighted by atomic mass is 9.95. The van der Waals surface area contributed by atoms with Gasteiger partial charge in [-0.05, 0) is 57.0 Å². The Bertz CT molecular complexity index is 752. The van der Waals surface area contributed by atoms with E-state index < -0.39 is 0 Å². The summed E-state index contributed by atoms with van der Waals surface area (Å²) in [6, 6.07) is 16.6. The van der Waals surface area contributed by atoms with Crippen LogP contribution in [0.15, 0.2) is 48.5 Å². The number of hydrogen-bond acceptors (Lipinski definition) is 3. The standard InChI is InChI=1S/C23H30N2O2/c1-18-6-5-8-20(16-18)17-25-13-10-21(11-14-25)23(26)24-12-15-27-22-9-4-3-7-19(22)2/h3-9,16,21H,10-15,17H2,1-2H3,(H,24,26). The lowest BCUT2D eigenvalue weighted by Gasteiger charge is -2.31. The number of carbonyl (C=O) groups excluding carboxylic acids is 1. The molecule has 1 heterocycles. The summed E-state index contributed by atoms with van der Waals surface area (Å²) in [5.41, 5.74) is 3.77. The summed E-state index contributed by atoms with van der Waals surface area (Å²) < 4.78 is 5.74. The molecule has 0 saturated carbocycles. The van der Waals surface area contributed by atoms with Crippen LogP contribution in [-0.2, 0) is 11.3 Å². The zero-order valence-corrected chi connectivity index (χ0v) is 16.4. The minimum atomic E-state index is 0.122. The van der Waals surface area contributed by atoms with Crippen molar-refractivity contribution in [3.05, 3.63) is 65.2 Å². The van der Waals surface area contributed by atoms with Gasteiger partial charge in [-0.1, -0.05) is 48.0 Å². The van der Waals surface area contributed by atoms with E-state index in [9.17, 15) is 4.79 Å². The molecule has 0 spiro atoms. The molecule has 0 aliphatic carbocycles. The summed E-state index contributed by atoms with van der Waals surface area (Å²) in [6.45, 7) is 8.14. The minimum absolute atomic E-state index is 0.122. The summed E-state index contributed by atoms with van der Waals surface area (Å²) in [7, 11) is 0. The lowest BCUT2D eigenvalue weighted by Crippen LogP contribution is -2.41. The molecule has 1 N–H and O–H groups in total. The Labute approximate surface area is 162 Å². The number of benzene rings is 2. The van der Waals surface area contributed by atoms with E-state index >= 15 is 0 Å². The average Bonchev–Trinajstić information content (AvgIpc) is 2.67. The van der Waals surface area contributed by atoms with Gasteiger partial charge in [-0.2, -0.15) is 0 Å². The van der Waals surface area contributed by atoms with Crippen molar-refractivity contribution < 1.29 is 9.53 Å². The molecule has 144 valence electrons. The predicted octanol–water partition coefficient (Wildman–Crippen LogP) is 3.71. The number of likely N-dealkylation sites (tertiary alicyclic amines) is 1. The van der Waals surface area contributed by atoms with Crippen molar-refractivity contribution >= 4 is 5.91 Å². The number of para-hydroxylation sites is 1. The molecule has 1 saturated heterocycles. The number of hydrogen-bond donors (Lipinski definition) is 1. The summed E-state index contributed by atoms with van der Waals surface area (Å²) in [4.78, 5) is 14.8. The highest BCUT2D eigenvalue weighted by Gasteiger charge is 2.24. The van der Waals surface area contributed by atoms with Gasteiger partial charge in [0.25, 0.3) is 0 Å². The zero-order chi connectivity index (χ0) is 19.1. The third kappa shape index (κ3) is 5.83. The van der Waals surface area contributed by atoms with Gasteiger partial charge in [0.1, 0.15) is 12.4 Å². The Balaban J connectivity index is 1.35. The van der Waals surface area contributed by atoms with Gasteiger partial charge in [-0.15, -0.1) is 0 Å². The van der Waals surface area contributed by atoms with E-state index in [4.69, 9.17) is 4.74 Å². The van der Waals surface area contributed by atoms with Crippen LogP contribution < -0.4 is 10.1 Å². The molecule has 0 unspecified atom stereocenters. The summed E-state index contributed by atoms with van der Waals surface area (Å²) in [5, 5.41) is 3.03. The van der Waals surface area contributed by atoms with Crippen molar-refractivity contribution in [1.82, 2.24) is 10.2 Å². The molecular weight excluding hydrogens is 336 g/mol. The third-order valence-electron chi connectivity index (χ3n) is 5.20. The summed E-state index contributed by atoms with van der Waals surface area (Å²) in [5.74, 6) is 1.17. The molecule has 0 bridgehead atoms. The molecule has 0 radical (unpaired) electrons. The summed E-state index contributed by atoms with van der Waals surface area (Å²) >= 11 is 0. The van der Waals surface area contributed by atoms with E-state index in [0.29, 0.717) is 13.2 Å². The van der Waals surface area contributed by atoms with Crippen molar-refractivity contribution in [2.24, 2.45) is 5.92 Å². The van der Waals surface area contributed by atoms with Crippen molar-refractivity contribution in [2.45, 2.75) is 33.2 Å². The van der Waals surface area contributed by atoms with Crippen LogP contribution in [0.3, 0.4) is 0 Å². The first kappa shape index (κ1) is 19.4. The van der Waals surface area contributed by atoms with Crippen LogP contribution in [0.25, 0.3) is 0 Å². The number of rotatable bonds is 7. The van der Waals surface area contributed by atoms with E-state index in [1.54, 1.807) is 0 Å². The van der Waals surface area contributed by atoms with Gasteiger partial charge in [0.2, 0.25) is 5.91 Å². The smallest absolute Gasteiger partial charge is 0.223 e. The Morgan fingerprint density at radius 2 is 1.89 bits per heavy atom. The van der Waals surface area contributed by atoms with Crippen LogP contribution in [0.2, 0.25) is 0 Å². The number of nitrogens with zero attached hydrogens (tertiary/aromatic N) is 1. The number of piperidine rings is 1. The number of nitrogens with one attached hydrogen (secondary N) is 1. The fourth-order valence-corrected chi connectivity index (χ4v) is 3.62. The van der Waals surface area contributed by atoms with Crippen LogP contribution in [0.5, 0.6) is 5.75 Å². The van der Waals surface area contributed by atoms with E-state index in [2.05, 4.69) is 41.4 Å². The van der Waals surface area contributed by atoms with Crippen LogP contribution in [0.1, 0.15) is 29.5 Å². The van der Waals surface area contributed by atoms with Crippen molar-refractivity contribution in [2.75, 3.05) is 26.2 Å². The fourth-order valence-electron chi connectivity index (χ4n) is 3.62. The maximum atomic E-state index is 12.4. The molecule has 27 heavy (non-hydrogen) atoms. The highest BCUT2D eigenvalue weighted by Crippen LogP contribution is 2.20. The third-order valence-corrected chi connectivity index (χ3v) is 5.20. The Hall–Kier alpha value is -2.33. The van der Waals surface area contributed by atoms with Crippen LogP contribution in [0, 0.1) is 19.8 Å². The van der Waals surface area contributed by atoms with Gasteiger partial charge < -0.3 is 10.1 Å². The Morgan fingerprint density at radius 1 is 1.11 bits per heavy atom. The van der Waals surface area contributed by atoms with Crippen molar-refractivity contribution in [3.63, 3.8) is 0 Å². The first-order valence-corrected chi connectivity index (χ1v) is 9.86. The molecule has 0 atom stereocenters. The predicted molar refractivity (Wildman–Crippen MR) is 109 cm³/mol. The Morgan fingerprint density at radius 3 is 2.63 bits per heavy atom. The molecule has 4 heteroatoms. The van der Waals surface area contributed by atoms with Gasteiger partial charge in [0, 0.05) is 12.5 Å². The minimum Gasteiger partial charge on any atom is -0.491 e. The SMILES string of the molecule is Cc1cccc(CN2CCC(C(=O)NCCOc3ccccc3C)CC2)c1. The van der Waals surface area contributed by atoms with E-state index in [1.165, 1.54) is 11.1 Å². The quantitative estimate of drug-likeness (QED) is 0.760. The van der Waals surface area contributed by atoms with E-state index in [-0.39, 0.29) is 11.8 Å². The van der Waals surface area contributed by atoms with Crippen LogP contribution in [-0.4, -0.2) is 37.0 Å². The van der Waals surface area contributed by atoms with Gasteiger partial charge >= 0.3 is 0 Å². The number of amides is 1. The second kappa shape index (κ2) is 9.56. The molecule has 2 aromatic carbocycles. The second-order valence-electron chi connectivity index (χ2n) is 7.44. The molecule has 1 aliphatic rings. The zero-order valence-electron chi connectivity index (χ0n) is 16.4. The van der Waals surface area contributed by atoms with Gasteiger partial charge in [0.15, 0.2) is 0 Å². The maximum absolute atomic E-state index is 12.4. The molecule has 0 aromatic heterocycles. The van der Waals surface area contributed by atoms with E-state index in [1.807, 2.05) is 31.2 Å². The normalized spacial score (nSPS) is 15.5. The van der Waals surface area contributed by atoms with Crippen molar-refractivity contribution in [1.29, 1.82) is 0 Å². The first-order valence-electron chi connectivity index (χ1n) is 9.86. The number of carbonyl (C=O) groups is 1. The maximum Gasteiger partial charge on any atom is 0.223 e. The number of ether oxygens (including phenoxy) is 1. The second-order valence-corrected chi connectivity index (χ2v) is 7.44. The molecule has 3 rings (SSSR count). The topological polar surface area (TPSA) is 41.6 Å². The molecule has 2 aromatic rings. The molecule has 1 aliphatic heterocycles. The van der Waals surface area contributed by atoms with E-state index in [0.717, 1.165) is 43.8 Å². The van der Waals surface area contributed by atoms with Gasteiger partial charge in [-0.3, -0.25) is 9.69 Å². The highest BCUT2D eigenvalue weighted by molar-refractivity contribution is 5.78. The fraction of sp³-hybridized carbons (Fsp3) is 0.435. The lowest BCUT2D eigenvalue weighted by molar-refractivity contribution is -0.126. The number of aryl methyl sites for hydroxylation is 2. The summed E-state index contributed by atoms with van der Waals surface area (Å²) in [6.07, 6.45) is 1.85. The molecule has 1 fully saturated rings.